The van der Waals surface area contributed by atoms with Crippen molar-refractivity contribution in [3.05, 3.63) is 132 Å². The molecule has 3 aromatic carbocycles. The topological polar surface area (TPSA) is 56.1 Å². The number of carbonyl (C=O) groups is 1. The summed E-state index contributed by atoms with van der Waals surface area (Å²) in [6.45, 7) is 0. The number of rotatable bonds is 8. The third-order valence-electron chi connectivity index (χ3n) is 5.45. The van der Waals surface area contributed by atoms with Crippen molar-refractivity contribution in [2.75, 3.05) is 5.75 Å². The van der Waals surface area contributed by atoms with E-state index in [1.807, 2.05) is 91.0 Å². The summed E-state index contributed by atoms with van der Waals surface area (Å²) in [6, 6.07) is 30.6. The zero-order chi connectivity index (χ0) is 22.4. The number of sulfone groups is 1. The van der Waals surface area contributed by atoms with Crippen LogP contribution in [0.2, 0.25) is 0 Å². The lowest BCUT2D eigenvalue weighted by atomic mass is 9.90. The number of hydrogen-bond donors (Lipinski definition) is 0. The first-order valence-electron chi connectivity index (χ1n) is 10.6. The summed E-state index contributed by atoms with van der Waals surface area (Å²) in [4.78, 5) is 13.4. The second-order valence-corrected chi connectivity index (χ2v) is 10.0. The predicted molar refractivity (Wildman–Crippen MR) is 127 cm³/mol. The summed E-state index contributed by atoms with van der Waals surface area (Å²) >= 11 is 0. The molecule has 0 fully saturated rings. The third kappa shape index (κ3) is 5.42. The molecule has 0 aliphatic heterocycles. The van der Waals surface area contributed by atoms with Crippen LogP contribution >= 0.6 is 0 Å². The molecule has 4 nitrogen and oxygen atoms in total. The van der Waals surface area contributed by atoms with E-state index in [0.29, 0.717) is 12.0 Å². The van der Waals surface area contributed by atoms with E-state index in [1.54, 1.807) is 18.5 Å². The van der Waals surface area contributed by atoms with E-state index in [-0.39, 0.29) is 17.4 Å². The van der Waals surface area contributed by atoms with E-state index in [2.05, 4.69) is 0 Å². The summed E-state index contributed by atoms with van der Waals surface area (Å²) in [7, 11) is -3.29. The number of hydrogen-bond acceptors (Lipinski definition) is 3. The molecule has 0 aliphatic carbocycles. The fourth-order valence-corrected chi connectivity index (χ4v) is 5.19. The second kappa shape index (κ2) is 9.79. The molecule has 5 heteroatoms. The number of nitrogens with zero attached hydrogens (tertiary/aromatic N) is 1. The Hall–Kier alpha value is -3.44. The van der Waals surface area contributed by atoms with Crippen molar-refractivity contribution in [3.63, 3.8) is 0 Å². The maximum absolute atomic E-state index is 13.4. The Balaban J connectivity index is 1.52. The van der Waals surface area contributed by atoms with E-state index in [9.17, 15) is 13.2 Å². The van der Waals surface area contributed by atoms with Gasteiger partial charge in [0, 0.05) is 12.4 Å². The first-order chi connectivity index (χ1) is 15.5. The lowest BCUT2D eigenvalue weighted by molar-refractivity contribution is 0.0893. The number of benzene rings is 3. The third-order valence-corrected chi connectivity index (χ3v) is 7.05. The van der Waals surface area contributed by atoms with E-state index in [1.165, 1.54) is 4.57 Å². The quantitative estimate of drug-likeness (QED) is 0.380. The normalized spacial score (nSPS) is 11.5. The van der Waals surface area contributed by atoms with Crippen molar-refractivity contribution in [2.24, 2.45) is 0 Å². The summed E-state index contributed by atoms with van der Waals surface area (Å²) in [5.74, 6) is -0.587. The molecule has 0 bridgehead atoms. The van der Waals surface area contributed by atoms with Crippen LogP contribution in [0.15, 0.2) is 109 Å². The van der Waals surface area contributed by atoms with Crippen molar-refractivity contribution < 1.29 is 13.2 Å². The summed E-state index contributed by atoms with van der Waals surface area (Å²) in [5, 5.41) is 0. The van der Waals surface area contributed by atoms with Crippen LogP contribution in [0.3, 0.4) is 0 Å². The monoisotopic (exact) mass is 443 g/mol. The molecular formula is C27H25NO3S. The van der Waals surface area contributed by atoms with Crippen molar-refractivity contribution in [1.82, 2.24) is 4.57 Å². The molecule has 0 saturated carbocycles. The highest BCUT2D eigenvalue weighted by Gasteiger charge is 2.24. The first kappa shape index (κ1) is 21.8. The predicted octanol–water partition coefficient (Wildman–Crippen LogP) is 5.12. The highest BCUT2D eigenvalue weighted by molar-refractivity contribution is 7.90. The molecule has 0 atom stereocenters. The molecule has 0 unspecified atom stereocenters. The van der Waals surface area contributed by atoms with Gasteiger partial charge in [-0.15, -0.1) is 0 Å². The summed E-state index contributed by atoms with van der Waals surface area (Å²) in [6.07, 6.45) is 3.78. The Labute approximate surface area is 189 Å². The molecular weight excluding hydrogens is 418 g/mol. The van der Waals surface area contributed by atoms with Gasteiger partial charge < -0.3 is 0 Å². The van der Waals surface area contributed by atoms with E-state index in [0.717, 1.165) is 16.7 Å². The van der Waals surface area contributed by atoms with Gasteiger partial charge in [-0.05, 0) is 34.7 Å². The van der Waals surface area contributed by atoms with Gasteiger partial charge >= 0.3 is 0 Å². The minimum Gasteiger partial charge on any atom is -0.294 e. The molecule has 0 aliphatic rings. The Morgan fingerprint density at radius 1 is 0.719 bits per heavy atom. The zero-order valence-electron chi connectivity index (χ0n) is 17.7. The smallest absolute Gasteiger partial charge is 0.242 e. The molecule has 4 rings (SSSR count). The molecule has 0 radical (unpaired) electrons. The van der Waals surface area contributed by atoms with E-state index in [4.69, 9.17) is 0 Å². The lowest BCUT2D eigenvalue weighted by Gasteiger charge is -2.17. The lowest BCUT2D eigenvalue weighted by Crippen LogP contribution is -2.20. The van der Waals surface area contributed by atoms with Crippen LogP contribution < -0.4 is 0 Å². The Morgan fingerprint density at radius 3 is 1.81 bits per heavy atom. The maximum Gasteiger partial charge on any atom is 0.242 e. The second-order valence-electron chi connectivity index (χ2n) is 7.85. The largest absolute Gasteiger partial charge is 0.294 e. The SMILES string of the molecule is O=C(C(c1ccccc1)c1ccccc1)n1ccc(CS(=O)(=O)CCc2ccccc2)c1. The minimum atomic E-state index is -3.29. The molecule has 0 amide bonds. The van der Waals surface area contributed by atoms with Crippen LogP contribution in [0.4, 0.5) is 0 Å². The van der Waals surface area contributed by atoms with Gasteiger partial charge in [0.1, 0.15) is 0 Å². The molecule has 32 heavy (non-hydrogen) atoms. The van der Waals surface area contributed by atoms with Crippen LogP contribution in [0.25, 0.3) is 0 Å². The Kier molecular flexibility index (Phi) is 6.66. The molecule has 0 N–H and O–H groups in total. The van der Waals surface area contributed by atoms with Crippen LogP contribution in [-0.2, 0) is 22.0 Å². The Morgan fingerprint density at radius 2 is 1.25 bits per heavy atom. The van der Waals surface area contributed by atoms with Gasteiger partial charge in [-0.3, -0.25) is 9.36 Å². The molecule has 0 spiro atoms. The fraction of sp³-hybridized carbons (Fsp3) is 0.148. The Bertz CT molecular complexity index is 1220. The van der Waals surface area contributed by atoms with Crippen LogP contribution in [0.1, 0.15) is 33.0 Å². The first-order valence-corrected chi connectivity index (χ1v) is 12.4. The molecule has 0 saturated heterocycles. The molecule has 1 heterocycles. The van der Waals surface area contributed by atoms with E-state index >= 15 is 0 Å². The van der Waals surface area contributed by atoms with Crippen LogP contribution in [0, 0.1) is 0 Å². The molecule has 4 aromatic rings. The van der Waals surface area contributed by atoms with Gasteiger partial charge in [-0.1, -0.05) is 91.0 Å². The van der Waals surface area contributed by atoms with Gasteiger partial charge in [0.25, 0.3) is 0 Å². The van der Waals surface area contributed by atoms with Gasteiger partial charge in [0.05, 0.1) is 17.4 Å². The maximum atomic E-state index is 13.4. The summed E-state index contributed by atoms with van der Waals surface area (Å²) in [5.41, 5.74) is 3.41. The van der Waals surface area contributed by atoms with Crippen LogP contribution in [0.5, 0.6) is 0 Å². The van der Waals surface area contributed by atoms with Crippen LogP contribution in [-0.4, -0.2) is 24.6 Å². The average Bonchev–Trinajstić information content (AvgIpc) is 3.28. The molecule has 1 aromatic heterocycles. The summed E-state index contributed by atoms with van der Waals surface area (Å²) < 4.78 is 26.8. The van der Waals surface area contributed by atoms with Crippen molar-refractivity contribution in [1.29, 1.82) is 0 Å². The van der Waals surface area contributed by atoms with Gasteiger partial charge in [-0.2, -0.15) is 0 Å². The number of aromatic nitrogens is 1. The standard InChI is InChI=1S/C27H25NO3S/c29-27(26(24-12-6-2-7-13-24)25-14-8-3-9-15-25)28-18-16-23(20-28)21-32(30,31)19-17-22-10-4-1-5-11-22/h1-16,18,20,26H,17,19,21H2. The highest BCUT2D eigenvalue weighted by Crippen LogP contribution is 2.27. The van der Waals surface area contributed by atoms with Crippen molar-refractivity contribution in [2.45, 2.75) is 18.1 Å². The average molecular weight is 444 g/mol. The number of carbonyl (C=O) groups excluding carboxylic acids is 1. The van der Waals surface area contributed by atoms with E-state index < -0.39 is 15.8 Å². The number of aryl methyl sites for hydroxylation is 1. The molecule has 162 valence electrons. The van der Waals surface area contributed by atoms with Gasteiger partial charge in [0.15, 0.2) is 9.84 Å². The zero-order valence-corrected chi connectivity index (χ0v) is 18.5. The van der Waals surface area contributed by atoms with Gasteiger partial charge in [0.2, 0.25) is 5.91 Å². The van der Waals surface area contributed by atoms with Gasteiger partial charge in [-0.25, -0.2) is 8.42 Å². The fourth-order valence-electron chi connectivity index (χ4n) is 3.83. The van der Waals surface area contributed by atoms with Crippen molar-refractivity contribution >= 4 is 15.7 Å². The van der Waals surface area contributed by atoms with Crippen molar-refractivity contribution in [3.8, 4) is 0 Å². The highest BCUT2D eigenvalue weighted by atomic mass is 32.2. The minimum absolute atomic E-state index is 0.0762.